The van der Waals surface area contributed by atoms with E-state index in [9.17, 15) is 4.79 Å². The molecule has 6 nitrogen and oxygen atoms in total. The number of carbonyl (C=O) groups excluding carboxylic acids is 1. The molecule has 1 amide bonds. The van der Waals surface area contributed by atoms with Gasteiger partial charge in [0, 0.05) is 10.2 Å². The quantitative estimate of drug-likeness (QED) is 0.470. The van der Waals surface area contributed by atoms with Crippen molar-refractivity contribution in [3.63, 3.8) is 0 Å². The molecule has 7 N–H and O–H groups in total. The molecule has 2 rings (SSSR count). The van der Waals surface area contributed by atoms with Gasteiger partial charge in [0.15, 0.2) is 5.96 Å². The van der Waals surface area contributed by atoms with Gasteiger partial charge in [-0.3, -0.25) is 4.79 Å². The monoisotopic (exact) mass is 375 g/mol. The van der Waals surface area contributed by atoms with Gasteiger partial charge in [0.25, 0.3) is 0 Å². The van der Waals surface area contributed by atoms with Crippen molar-refractivity contribution in [2.24, 2.45) is 22.2 Å². The molecule has 0 bridgehead atoms. The van der Waals surface area contributed by atoms with Crippen LogP contribution in [0.2, 0.25) is 0 Å². The normalized spacial score (nSPS) is 11.6. The number of guanidine groups is 1. The Balaban J connectivity index is 1.95. The highest BCUT2D eigenvalue weighted by atomic mass is 79.9. The van der Waals surface area contributed by atoms with E-state index in [4.69, 9.17) is 17.2 Å². The lowest BCUT2D eigenvalue weighted by atomic mass is 10.1. The second-order valence-electron chi connectivity index (χ2n) is 5.01. The van der Waals surface area contributed by atoms with Gasteiger partial charge >= 0.3 is 0 Å². The summed E-state index contributed by atoms with van der Waals surface area (Å²) in [6, 6.07) is 13.9. The second kappa shape index (κ2) is 7.75. The Morgan fingerprint density at radius 1 is 1.09 bits per heavy atom. The molecule has 7 heteroatoms. The molecule has 0 saturated heterocycles. The van der Waals surface area contributed by atoms with E-state index in [-0.39, 0.29) is 11.9 Å². The number of benzene rings is 2. The van der Waals surface area contributed by atoms with Crippen molar-refractivity contribution in [1.82, 2.24) is 0 Å². The van der Waals surface area contributed by atoms with Crippen LogP contribution in [0.5, 0.6) is 0 Å². The van der Waals surface area contributed by atoms with Gasteiger partial charge in [-0.15, -0.1) is 0 Å². The first kappa shape index (κ1) is 17.0. The highest BCUT2D eigenvalue weighted by Crippen LogP contribution is 2.16. The van der Waals surface area contributed by atoms with E-state index in [1.54, 1.807) is 24.3 Å². The third-order valence-electron chi connectivity index (χ3n) is 3.10. The minimum Gasteiger partial charge on any atom is -0.370 e. The number of hydrogen-bond acceptors (Lipinski definition) is 3. The van der Waals surface area contributed by atoms with Crippen molar-refractivity contribution in [1.29, 1.82) is 0 Å². The predicted octanol–water partition coefficient (Wildman–Crippen LogP) is 1.86. The Morgan fingerprint density at radius 2 is 1.70 bits per heavy atom. The van der Waals surface area contributed by atoms with Crippen LogP contribution in [0.15, 0.2) is 58.0 Å². The maximum Gasteiger partial charge on any atom is 0.241 e. The zero-order chi connectivity index (χ0) is 16.8. The Hall–Kier alpha value is -2.38. The summed E-state index contributed by atoms with van der Waals surface area (Å²) in [7, 11) is 0. The minimum absolute atomic E-state index is 0.00308. The number of anilines is 1. The van der Waals surface area contributed by atoms with Gasteiger partial charge in [-0.2, -0.15) is 0 Å². The summed E-state index contributed by atoms with van der Waals surface area (Å²) >= 11 is 3.34. The maximum absolute atomic E-state index is 12.1. The van der Waals surface area contributed by atoms with E-state index < -0.39 is 6.04 Å². The molecule has 0 unspecified atom stereocenters. The number of amides is 1. The van der Waals surface area contributed by atoms with Gasteiger partial charge in [-0.25, -0.2) is 4.99 Å². The Morgan fingerprint density at radius 3 is 2.26 bits per heavy atom. The first-order chi connectivity index (χ1) is 10.9. The highest BCUT2D eigenvalue weighted by Gasteiger charge is 2.14. The van der Waals surface area contributed by atoms with Crippen molar-refractivity contribution >= 4 is 39.2 Å². The van der Waals surface area contributed by atoms with Crippen molar-refractivity contribution in [2.45, 2.75) is 12.5 Å². The summed E-state index contributed by atoms with van der Waals surface area (Å²) in [5, 5.41) is 2.79. The van der Waals surface area contributed by atoms with Gasteiger partial charge in [0.1, 0.15) is 0 Å². The number of nitrogens with one attached hydrogen (secondary N) is 1. The molecule has 2 aromatic rings. The van der Waals surface area contributed by atoms with Gasteiger partial charge in [0.2, 0.25) is 5.91 Å². The molecule has 0 aliphatic carbocycles. The molecule has 0 fully saturated rings. The maximum atomic E-state index is 12.1. The van der Waals surface area contributed by atoms with E-state index in [1.165, 1.54) is 0 Å². The fourth-order valence-corrected chi connectivity index (χ4v) is 2.23. The van der Waals surface area contributed by atoms with Crippen molar-refractivity contribution < 1.29 is 4.79 Å². The molecule has 0 heterocycles. The molecule has 1 atom stereocenters. The SMILES string of the molecule is NC(N)=Nc1ccc(C[C@H](N)C(=O)Nc2ccc(Br)cc2)cc1. The standard InChI is InChI=1S/C16H18BrN5O/c17-11-3-7-12(8-4-11)21-15(23)14(18)9-10-1-5-13(6-2-10)22-16(19)20/h1-8,14H,9,18H2,(H,21,23)(H4,19,20,22)/t14-/m0/s1. The van der Waals surface area contributed by atoms with E-state index in [0.29, 0.717) is 17.8 Å². The molecule has 120 valence electrons. The molecule has 2 aromatic carbocycles. The summed E-state index contributed by atoms with van der Waals surface area (Å²) in [6.07, 6.45) is 0.421. The molecular formula is C16H18BrN5O. The number of halogens is 1. The molecular weight excluding hydrogens is 358 g/mol. The van der Waals surface area contributed by atoms with E-state index in [2.05, 4.69) is 26.2 Å². The molecule has 0 aliphatic heterocycles. The first-order valence-electron chi connectivity index (χ1n) is 6.94. The fraction of sp³-hybridized carbons (Fsp3) is 0.125. The summed E-state index contributed by atoms with van der Waals surface area (Å²) < 4.78 is 0.945. The number of rotatable bonds is 5. The van der Waals surface area contributed by atoms with Crippen LogP contribution in [-0.2, 0) is 11.2 Å². The van der Waals surface area contributed by atoms with Gasteiger partial charge < -0.3 is 22.5 Å². The summed E-state index contributed by atoms with van der Waals surface area (Å²) in [4.78, 5) is 16.0. The van der Waals surface area contributed by atoms with Crippen molar-refractivity contribution in [3.8, 4) is 0 Å². The third-order valence-corrected chi connectivity index (χ3v) is 3.63. The van der Waals surface area contributed by atoms with Crippen LogP contribution in [0.3, 0.4) is 0 Å². The van der Waals surface area contributed by atoms with Crippen LogP contribution >= 0.6 is 15.9 Å². The number of carbonyl (C=O) groups is 1. The number of nitrogens with two attached hydrogens (primary N) is 3. The topological polar surface area (TPSA) is 120 Å². The average Bonchev–Trinajstić information content (AvgIpc) is 2.51. The Labute approximate surface area is 142 Å². The molecule has 23 heavy (non-hydrogen) atoms. The van der Waals surface area contributed by atoms with E-state index in [0.717, 1.165) is 10.0 Å². The van der Waals surface area contributed by atoms with Crippen molar-refractivity contribution in [2.75, 3.05) is 5.32 Å². The zero-order valence-electron chi connectivity index (χ0n) is 12.4. The smallest absolute Gasteiger partial charge is 0.241 e. The van der Waals surface area contributed by atoms with Crippen LogP contribution in [0, 0.1) is 0 Å². The lowest BCUT2D eigenvalue weighted by Gasteiger charge is -2.12. The summed E-state index contributed by atoms with van der Waals surface area (Å²) in [6.45, 7) is 0. The first-order valence-corrected chi connectivity index (χ1v) is 7.74. The van der Waals surface area contributed by atoms with Crippen LogP contribution in [-0.4, -0.2) is 17.9 Å². The van der Waals surface area contributed by atoms with Gasteiger partial charge in [-0.05, 0) is 48.4 Å². The molecule has 0 aliphatic rings. The number of aliphatic imine (C=N–C) groups is 1. The summed E-state index contributed by atoms with van der Waals surface area (Å²) in [5.41, 5.74) is 18.9. The Bertz CT molecular complexity index is 693. The van der Waals surface area contributed by atoms with Crippen molar-refractivity contribution in [3.05, 3.63) is 58.6 Å². The van der Waals surface area contributed by atoms with Gasteiger partial charge in [-0.1, -0.05) is 28.1 Å². The predicted molar refractivity (Wildman–Crippen MR) is 96.4 cm³/mol. The number of hydrogen-bond donors (Lipinski definition) is 4. The van der Waals surface area contributed by atoms with Gasteiger partial charge in [0.05, 0.1) is 11.7 Å². The molecule has 0 aromatic heterocycles. The largest absolute Gasteiger partial charge is 0.370 e. The second-order valence-corrected chi connectivity index (χ2v) is 5.93. The van der Waals surface area contributed by atoms with Crippen LogP contribution in [0.1, 0.15) is 5.56 Å². The Kier molecular flexibility index (Phi) is 5.72. The molecule has 0 saturated carbocycles. The van der Waals surface area contributed by atoms with Crippen LogP contribution in [0.4, 0.5) is 11.4 Å². The lowest BCUT2D eigenvalue weighted by Crippen LogP contribution is -2.37. The summed E-state index contributed by atoms with van der Waals surface area (Å²) in [5.74, 6) is -0.232. The highest BCUT2D eigenvalue weighted by molar-refractivity contribution is 9.10. The third kappa shape index (κ3) is 5.39. The fourth-order valence-electron chi connectivity index (χ4n) is 1.97. The minimum atomic E-state index is -0.646. The number of nitrogens with zero attached hydrogens (tertiary/aromatic N) is 1. The lowest BCUT2D eigenvalue weighted by molar-refractivity contribution is -0.117. The zero-order valence-corrected chi connectivity index (χ0v) is 14.0. The van der Waals surface area contributed by atoms with E-state index in [1.807, 2.05) is 24.3 Å². The molecule has 0 spiro atoms. The average molecular weight is 376 g/mol. The molecule has 0 radical (unpaired) electrons. The van der Waals surface area contributed by atoms with E-state index >= 15 is 0 Å². The van der Waals surface area contributed by atoms with Crippen LogP contribution < -0.4 is 22.5 Å². The van der Waals surface area contributed by atoms with Crippen LogP contribution in [0.25, 0.3) is 0 Å².